The van der Waals surface area contributed by atoms with E-state index in [1.54, 1.807) is 22.4 Å². The molecule has 6 nitrogen and oxygen atoms in total. The second-order valence-electron chi connectivity index (χ2n) is 6.39. The first kappa shape index (κ1) is 17.3. The van der Waals surface area contributed by atoms with E-state index in [9.17, 15) is 13.2 Å². The molecule has 26 heavy (non-hydrogen) atoms. The molecule has 8 heteroatoms. The summed E-state index contributed by atoms with van der Waals surface area (Å²) < 4.78 is 26.4. The van der Waals surface area contributed by atoms with E-state index >= 15 is 0 Å². The number of aromatic nitrogens is 1. The molecule has 0 aliphatic carbocycles. The first-order chi connectivity index (χ1) is 12.5. The molecule has 136 valence electrons. The van der Waals surface area contributed by atoms with Crippen molar-refractivity contribution < 1.29 is 13.2 Å². The Kier molecular flexibility index (Phi) is 4.34. The highest BCUT2D eigenvalue weighted by atomic mass is 32.2. The number of aromatic amines is 1. The van der Waals surface area contributed by atoms with E-state index in [4.69, 9.17) is 0 Å². The molecular weight excluding hydrogens is 370 g/mol. The number of carbonyl (C=O) groups excluding carboxylic acids is 1. The van der Waals surface area contributed by atoms with E-state index in [2.05, 4.69) is 4.98 Å². The van der Waals surface area contributed by atoms with Gasteiger partial charge in [-0.1, -0.05) is 24.3 Å². The Morgan fingerprint density at radius 1 is 1.27 bits per heavy atom. The number of hydrogen-bond acceptors (Lipinski definition) is 4. The van der Waals surface area contributed by atoms with E-state index in [0.29, 0.717) is 13.1 Å². The van der Waals surface area contributed by atoms with Crippen LogP contribution in [0.4, 0.5) is 0 Å². The smallest absolute Gasteiger partial charge is 0.252 e. The molecule has 0 atom stereocenters. The second kappa shape index (κ2) is 6.53. The highest BCUT2D eigenvalue weighted by Gasteiger charge is 2.28. The van der Waals surface area contributed by atoms with Gasteiger partial charge in [0.2, 0.25) is 5.91 Å². The molecule has 2 aromatic heterocycles. The van der Waals surface area contributed by atoms with Gasteiger partial charge in [0.05, 0.1) is 6.54 Å². The topological polar surface area (TPSA) is 73.5 Å². The number of amides is 1. The van der Waals surface area contributed by atoms with Crippen molar-refractivity contribution in [2.24, 2.45) is 0 Å². The Bertz CT molecular complexity index is 1050. The summed E-state index contributed by atoms with van der Waals surface area (Å²) >= 11 is 1.16. The van der Waals surface area contributed by atoms with E-state index in [-0.39, 0.29) is 16.7 Å². The largest absolute Gasteiger partial charge is 0.358 e. The van der Waals surface area contributed by atoms with Crippen LogP contribution in [0.3, 0.4) is 0 Å². The molecule has 0 fully saturated rings. The lowest BCUT2D eigenvalue weighted by atomic mass is 10.0. The number of sulfonamides is 1. The highest BCUT2D eigenvalue weighted by molar-refractivity contribution is 7.91. The lowest BCUT2D eigenvalue weighted by Crippen LogP contribution is -2.43. The van der Waals surface area contributed by atoms with Gasteiger partial charge in [0.15, 0.2) is 0 Å². The average molecular weight is 390 g/mol. The first-order valence-corrected chi connectivity index (χ1v) is 10.6. The molecule has 4 rings (SSSR count). The molecule has 3 heterocycles. The highest BCUT2D eigenvalue weighted by Crippen LogP contribution is 2.28. The maximum Gasteiger partial charge on any atom is 0.252 e. The van der Waals surface area contributed by atoms with Crippen molar-refractivity contribution in [1.29, 1.82) is 0 Å². The van der Waals surface area contributed by atoms with Crippen LogP contribution < -0.4 is 0 Å². The predicted octanol–water partition coefficient (Wildman–Crippen LogP) is 2.43. The Labute approximate surface area is 156 Å². The van der Waals surface area contributed by atoms with Crippen LogP contribution in [0.5, 0.6) is 0 Å². The number of fused-ring (bicyclic) bond motifs is 3. The van der Waals surface area contributed by atoms with Crippen molar-refractivity contribution in [2.75, 3.05) is 20.1 Å². The van der Waals surface area contributed by atoms with Crippen LogP contribution in [-0.4, -0.2) is 48.7 Å². The van der Waals surface area contributed by atoms with Crippen LogP contribution in [0.15, 0.2) is 46.0 Å². The Hall–Kier alpha value is -2.16. The van der Waals surface area contributed by atoms with Gasteiger partial charge in [0.1, 0.15) is 4.21 Å². The summed E-state index contributed by atoms with van der Waals surface area (Å²) in [5.41, 5.74) is 3.36. The number of carbonyl (C=O) groups is 1. The van der Waals surface area contributed by atoms with Gasteiger partial charge in [0, 0.05) is 48.7 Å². The van der Waals surface area contributed by atoms with Crippen LogP contribution in [0.2, 0.25) is 0 Å². The molecule has 0 saturated carbocycles. The normalized spacial score (nSPS) is 14.8. The minimum atomic E-state index is -3.62. The van der Waals surface area contributed by atoms with Gasteiger partial charge in [-0.25, -0.2) is 8.42 Å². The summed E-state index contributed by atoms with van der Waals surface area (Å²) in [6.45, 7) is 0.939. The molecule has 1 aromatic carbocycles. The third-order valence-electron chi connectivity index (χ3n) is 4.75. The Balaban J connectivity index is 1.51. The molecular formula is C18H19N3O3S2. The third kappa shape index (κ3) is 2.94. The molecule has 0 radical (unpaired) electrons. The van der Waals surface area contributed by atoms with Gasteiger partial charge in [-0.2, -0.15) is 4.31 Å². The van der Waals surface area contributed by atoms with Crippen LogP contribution in [0, 0.1) is 0 Å². The Morgan fingerprint density at radius 2 is 2.08 bits per heavy atom. The number of likely N-dealkylation sites (N-methyl/N-ethyl adjacent to an activating group) is 1. The van der Waals surface area contributed by atoms with Gasteiger partial charge in [0.25, 0.3) is 10.0 Å². The maximum atomic E-state index is 12.7. The fourth-order valence-electron chi connectivity index (χ4n) is 3.32. The zero-order valence-electron chi connectivity index (χ0n) is 14.3. The maximum absolute atomic E-state index is 12.7. The predicted molar refractivity (Wildman–Crippen MR) is 102 cm³/mol. The van der Waals surface area contributed by atoms with Crippen molar-refractivity contribution in [1.82, 2.24) is 14.2 Å². The van der Waals surface area contributed by atoms with Crippen molar-refractivity contribution in [3.8, 4) is 0 Å². The second-order valence-corrected chi connectivity index (χ2v) is 9.61. The van der Waals surface area contributed by atoms with E-state index in [1.165, 1.54) is 7.05 Å². The van der Waals surface area contributed by atoms with Crippen LogP contribution in [0.25, 0.3) is 10.9 Å². The minimum absolute atomic E-state index is 0.155. The summed E-state index contributed by atoms with van der Waals surface area (Å²) in [6, 6.07) is 11.3. The van der Waals surface area contributed by atoms with Crippen LogP contribution >= 0.6 is 11.3 Å². The van der Waals surface area contributed by atoms with Crippen molar-refractivity contribution >= 4 is 38.2 Å². The quantitative estimate of drug-likeness (QED) is 0.745. The number of rotatable bonds is 4. The van der Waals surface area contributed by atoms with Gasteiger partial charge in [-0.15, -0.1) is 11.3 Å². The first-order valence-electron chi connectivity index (χ1n) is 8.33. The fraction of sp³-hybridized carbons (Fsp3) is 0.278. The number of nitrogens with one attached hydrogen (secondary N) is 1. The Morgan fingerprint density at radius 3 is 2.85 bits per heavy atom. The van der Waals surface area contributed by atoms with Crippen LogP contribution in [-0.2, 0) is 27.8 Å². The average Bonchev–Trinajstić information content (AvgIpc) is 3.29. The molecule has 0 saturated heterocycles. The molecule has 1 N–H and O–H groups in total. The van der Waals surface area contributed by atoms with Crippen LogP contribution in [0.1, 0.15) is 11.3 Å². The third-order valence-corrected chi connectivity index (χ3v) is 7.93. The van der Waals surface area contributed by atoms with E-state index < -0.39 is 10.0 Å². The van der Waals surface area contributed by atoms with E-state index in [0.717, 1.165) is 44.2 Å². The summed E-state index contributed by atoms with van der Waals surface area (Å²) in [7, 11) is -2.16. The molecule has 0 bridgehead atoms. The fourth-order valence-corrected chi connectivity index (χ4v) is 5.64. The summed E-state index contributed by atoms with van der Waals surface area (Å²) in [5.74, 6) is -0.177. The summed E-state index contributed by atoms with van der Waals surface area (Å²) in [6.07, 6.45) is 0.747. The molecule has 0 unspecified atom stereocenters. The summed E-state index contributed by atoms with van der Waals surface area (Å²) in [5, 5.41) is 2.84. The van der Waals surface area contributed by atoms with Gasteiger partial charge in [-0.3, -0.25) is 4.79 Å². The molecule has 1 aliphatic rings. The van der Waals surface area contributed by atoms with Gasteiger partial charge < -0.3 is 9.88 Å². The molecule has 3 aromatic rings. The number of H-pyrrole nitrogens is 1. The number of thiophene rings is 1. The minimum Gasteiger partial charge on any atom is -0.358 e. The SMILES string of the molecule is CN(CC(=O)N1CCc2[nH]c3ccccc3c2C1)S(=O)(=O)c1cccs1. The number of nitrogens with zero attached hydrogens (tertiary/aromatic N) is 2. The standard InChI is InChI=1S/C18H19N3O3S2/c1-20(26(23,24)18-7-4-10-25-18)12-17(22)21-9-8-16-14(11-21)13-5-2-3-6-15(13)19-16/h2-7,10,19H,8-9,11-12H2,1H3. The molecule has 0 spiro atoms. The summed E-state index contributed by atoms with van der Waals surface area (Å²) in [4.78, 5) is 17.9. The van der Waals surface area contributed by atoms with Crippen molar-refractivity contribution in [2.45, 2.75) is 17.2 Å². The number of benzene rings is 1. The lowest BCUT2D eigenvalue weighted by molar-refractivity contribution is -0.132. The number of hydrogen-bond donors (Lipinski definition) is 1. The zero-order valence-corrected chi connectivity index (χ0v) is 15.9. The molecule has 1 aliphatic heterocycles. The van der Waals surface area contributed by atoms with Crippen molar-refractivity contribution in [3.05, 3.63) is 53.0 Å². The van der Waals surface area contributed by atoms with Gasteiger partial charge >= 0.3 is 0 Å². The number of para-hydroxylation sites is 1. The zero-order chi connectivity index (χ0) is 18.3. The van der Waals surface area contributed by atoms with Gasteiger partial charge in [-0.05, 0) is 17.5 Å². The monoisotopic (exact) mass is 389 g/mol. The van der Waals surface area contributed by atoms with E-state index in [1.807, 2.05) is 24.3 Å². The lowest BCUT2D eigenvalue weighted by Gasteiger charge is -2.28. The van der Waals surface area contributed by atoms with Crippen molar-refractivity contribution in [3.63, 3.8) is 0 Å². The molecule has 1 amide bonds.